The first kappa shape index (κ1) is 19.0. The van der Waals surface area contributed by atoms with Gasteiger partial charge in [0, 0.05) is 5.54 Å². The van der Waals surface area contributed by atoms with E-state index < -0.39 is 5.54 Å². The third-order valence-corrected chi connectivity index (χ3v) is 4.04. The molecule has 3 N–H and O–H groups in total. The summed E-state index contributed by atoms with van der Waals surface area (Å²) in [6, 6.07) is 8.23. The van der Waals surface area contributed by atoms with Crippen molar-refractivity contribution in [3.05, 3.63) is 29.8 Å². The van der Waals surface area contributed by atoms with Gasteiger partial charge in [-0.3, -0.25) is 0 Å². The van der Waals surface area contributed by atoms with Crippen molar-refractivity contribution in [1.82, 2.24) is 0 Å². The first-order valence-corrected chi connectivity index (χ1v) is 8.69. The number of aliphatic hydroxyl groups excluding tert-OH is 1. The number of aryl methyl sites for hydroxylation is 1. The summed E-state index contributed by atoms with van der Waals surface area (Å²) in [6.07, 6.45) is 9.36. The number of unbranched alkanes of at least 4 members (excludes halogenated alkanes) is 5. The lowest BCUT2D eigenvalue weighted by molar-refractivity contribution is 0.200. The molecule has 1 rings (SSSR count). The fourth-order valence-electron chi connectivity index (χ4n) is 2.33. The Bertz CT molecular complexity index is 387. The Morgan fingerprint density at radius 1 is 1.05 bits per heavy atom. The van der Waals surface area contributed by atoms with Crippen molar-refractivity contribution < 1.29 is 9.84 Å². The van der Waals surface area contributed by atoms with Crippen LogP contribution in [0.3, 0.4) is 0 Å². The third kappa shape index (κ3) is 8.40. The first-order chi connectivity index (χ1) is 10.6. The van der Waals surface area contributed by atoms with Crippen molar-refractivity contribution in [2.45, 2.75) is 70.8 Å². The third-order valence-electron chi connectivity index (χ3n) is 4.04. The summed E-state index contributed by atoms with van der Waals surface area (Å²) in [5.41, 5.74) is 6.68. The van der Waals surface area contributed by atoms with Crippen molar-refractivity contribution >= 4 is 0 Å². The molecule has 22 heavy (non-hydrogen) atoms. The summed E-state index contributed by atoms with van der Waals surface area (Å²) in [4.78, 5) is 0. The SMILES string of the molecule is CCCCCCCCOc1ccc(CC[C@@](C)(N)CO)cc1. The topological polar surface area (TPSA) is 55.5 Å². The molecule has 1 aromatic rings. The van der Waals surface area contributed by atoms with Gasteiger partial charge < -0.3 is 15.6 Å². The molecule has 0 aliphatic carbocycles. The summed E-state index contributed by atoms with van der Waals surface area (Å²) in [6.45, 7) is 4.94. The van der Waals surface area contributed by atoms with Gasteiger partial charge in [-0.05, 0) is 43.9 Å². The zero-order valence-electron chi connectivity index (χ0n) is 14.3. The Morgan fingerprint density at radius 2 is 1.68 bits per heavy atom. The maximum Gasteiger partial charge on any atom is 0.119 e. The number of hydrogen-bond acceptors (Lipinski definition) is 3. The molecule has 126 valence electrons. The Balaban J connectivity index is 2.19. The molecule has 3 heteroatoms. The molecule has 0 radical (unpaired) electrons. The minimum atomic E-state index is -0.493. The van der Waals surface area contributed by atoms with E-state index in [1.807, 2.05) is 19.1 Å². The van der Waals surface area contributed by atoms with Gasteiger partial charge in [0.15, 0.2) is 0 Å². The van der Waals surface area contributed by atoms with Crippen LogP contribution in [0.5, 0.6) is 5.75 Å². The van der Waals surface area contributed by atoms with Gasteiger partial charge in [0.05, 0.1) is 13.2 Å². The summed E-state index contributed by atoms with van der Waals surface area (Å²) < 4.78 is 5.77. The van der Waals surface area contributed by atoms with Crippen LogP contribution in [0.15, 0.2) is 24.3 Å². The molecule has 0 heterocycles. The Morgan fingerprint density at radius 3 is 2.32 bits per heavy atom. The number of aliphatic hydroxyl groups is 1. The molecule has 0 aromatic heterocycles. The molecule has 0 saturated carbocycles. The highest BCUT2D eigenvalue weighted by Crippen LogP contribution is 2.16. The maximum atomic E-state index is 9.16. The number of hydrogen-bond donors (Lipinski definition) is 2. The van der Waals surface area contributed by atoms with Crippen molar-refractivity contribution in [3.8, 4) is 5.75 Å². The quantitative estimate of drug-likeness (QED) is 0.572. The van der Waals surface area contributed by atoms with E-state index in [1.165, 1.54) is 37.7 Å². The van der Waals surface area contributed by atoms with Gasteiger partial charge in [-0.2, -0.15) is 0 Å². The largest absolute Gasteiger partial charge is 0.494 e. The van der Waals surface area contributed by atoms with Crippen molar-refractivity contribution in [2.75, 3.05) is 13.2 Å². The minimum Gasteiger partial charge on any atom is -0.494 e. The number of benzene rings is 1. The van der Waals surface area contributed by atoms with Crippen LogP contribution in [0.1, 0.15) is 64.4 Å². The minimum absolute atomic E-state index is 0.0203. The Hall–Kier alpha value is -1.06. The second kappa shape index (κ2) is 10.6. The van der Waals surface area contributed by atoms with Crippen LogP contribution in [-0.4, -0.2) is 23.9 Å². The van der Waals surface area contributed by atoms with Gasteiger partial charge in [-0.1, -0.05) is 51.2 Å². The zero-order valence-corrected chi connectivity index (χ0v) is 14.3. The smallest absolute Gasteiger partial charge is 0.119 e. The van der Waals surface area contributed by atoms with Crippen LogP contribution < -0.4 is 10.5 Å². The normalized spacial score (nSPS) is 13.8. The summed E-state index contributed by atoms with van der Waals surface area (Å²) >= 11 is 0. The molecule has 0 fully saturated rings. The van der Waals surface area contributed by atoms with E-state index in [9.17, 15) is 0 Å². The molecule has 1 aromatic carbocycles. The van der Waals surface area contributed by atoms with E-state index in [1.54, 1.807) is 0 Å². The number of ether oxygens (including phenoxy) is 1. The summed E-state index contributed by atoms with van der Waals surface area (Å²) in [5.74, 6) is 0.940. The van der Waals surface area contributed by atoms with Crippen LogP contribution in [0.2, 0.25) is 0 Å². The van der Waals surface area contributed by atoms with E-state index in [4.69, 9.17) is 15.6 Å². The van der Waals surface area contributed by atoms with Crippen LogP contribution in [0.4, 0.5) is 0 Å². The predicted octanol–water partition coefficient (Wildman–Crippen LogP) is 4.07. The van der Waals surface area contributed by atoms with Gasteiger partial charge in [0.1, 0.15) is 5.75 Å². The molecule has 0 saturated heterocycles. The van der Waals surface area contributed by atoms with Crippen LogP contribution in [0.25, 0.3) is 0 Å². The fourth-order valence-corrected chi connectivity index (χ4v) is 2.33. The molecule has 0 amide bonds. The molecule has 0 aliphatic heterocycles. The van der Waals surface area contributed by atoms with E-state index in [0.717, 1.165) is 31.6 Å². The van der Waals surface area contributed by atoms with Crippen molar-refractivity contribution in [1.29, 1.82) is 0 Å². The van der Waals surface area contributed by atoms with Crippen molar-refractivity contribution in [3.63, 3.8) is 0 Å². The molecule has 0 unspecified atom stereocenters. The highest BCUT2D eigenvalue weighted by Gasteiger charge is 2.16. The summed E-state index contributed by atoms with van der Waals surface area (Å²) in [5, 5.41) is 9.16. The second-order valence-electron chi connectivity index (χ2n) is 6.57. The van der Waals surface area contributed by atoms with E-state index in [2.05, 4.69) is 19.1 Å². The van der Waals surface area contributed by atoms with Gasteiger partial charge >= 0.3 is 0 Å². The van der Waals surface area contributed by atoms with Gasteiger partial charge in [-0.15, -0.1) is 0 Å². The highest BCUT2D eigenvalue weighted by atomic mass is 16.5. The average molecular weight is 307 g/mol. The molecule has 0 bridgehead atoms. The second-order valence-corrected chi connectivity index (χ2v) is 6.57. The zero-order chi connectivity index (χ0) is 16.3. The standard InChI is InChI=1S/C19H33NO2/c1-3-4-5-6-7-8-15-22-18-11-9-17(10-12-18)13-14-19(2,20)16-21/h9-12,21H,3-8,13-16,20H2,1-2H3/t19-/m1/s1. The molecular formula is C19H33NO2. The molecule has 0 aliphatic rings. The fraction of sp³-hybridized carbons (Fsp3) is 0.684. The molecule has 1 atom stereocenters. The number of nitrogens with two attached hydrogens (primary N) is 1. The van der Waals surface area contributed by atoms with Crippen LogP contribution in [0, 0.1) is 0 Å². The maximum absolute atomic E-state index is 9.16. The van der Waals surface area contributed by atoms with Gasteiger partial charge in [0.25, 0.3) is 0 Å². The monoisotopic (exact) mass is 307 g/mol. The first-order valence-electron chi connectivity index (χ1n) is 8.69. The van der Waals surface area contributed by atoms with Crippen molar-refractivity contribution in [2.24, 2.45) is 5.73 Å². The molecule has 3 nitrogen and oxygen atoms in total. The molecular weight excluding hydrogens is 274 g/mol. The Kier molecular flexibility index (Phi) is 9.17. The lowest BCUT2D eigenvalue weighted by Gasteiger charge is -2.21. The number of rotatable bonds is 12. The van der Waals surface area contributed by atoms with E-state index in [-0.39, 0.29) is 6.61 Å². The van der Waals surface area contributed by atoms with E-state index >= 15 is 0 Å². The van der Waals surface area contributed by atoms with Crippen LogP contribution in [-0.2, 0) is 6.42 Å². The van der Waals surface area contributed by atoms with E-state index in [0.29, 0.717) is 0 Å². The van der Waals surface area contributed by atoms with Crippen LogP contribution >= 0.6 is 0 Å². The highest BCUT2D eigenvalue weighted by molar-refractivity contribution is 5.27. The predicted molar refractivity (Wildman–Crippen MR) is 93.3 cm³/mol. The summed E-state index contributed by atoms with van der Waals surface area (Å²) in [7, 11) is 0. The average Bonchev–Trinajstić information content (AvgIpc) is 2.53. The molecule has 0 spiro atoms. The lowest BCUT2D eigenvalue weighted by Crippen LogP contribution is -2.40. The Labute approximate surface area is 135 Å². The van der Waals surface area contributed by atoms with Gasteiger partial charge in [0.2, 0.25) is 0 Å². The van der Waals surface area contributed by atoms with Gasteiger partial charge in [-0.25, -0.2) is 0 Å². The lowest BCUT2D eigenvalue weighted by atomic mass is 9.95.